The van der Waals surface area contributed by atoms with Gasteiger partial charge in [0.05, 0.1) is 25.5 Å². The standard InChI is InChI=1S/C12H19N3O/c1-2-4-11-10(3-1)13-12(14-11)9-15-5-7-16-8-6-15/h1-9H2,(H,13,14). The van der Waals surface area contributed by atoms with Gasteiger partial charge < -0.3 is 9.72 Å². The Labute approximate surface area is 96.0 Å². The summed E-state index contributed by atoms with van der Waals surface area (Å²) in [5, 5.41) is 0. The molecule has 0 radical (unpaired) electrons. The lowest BCUT2D eigenvalue weighted by Gasteiger charge is -2.25. The number of morpholine rings is 1. The molecule has 1 fully saturated rings. The molecule has 4 heteroatoms. The quantitative estimate of drug-likeness (QED) is 0.813. The van der Waals surface area contributed by atoms with Crippen molar-refractivity contribution in [1.82, 2.24) is 14.9 Å². The molecule has 0 saturated carbocycles. The van der Waals surface area contributed by atoms with Crippen molar-refractivity contribution in [3.63, 3.8) is 0 Å². The van der Waals surface area contributed by atoms with E-state index in [1.807, 2.05) is 0 Å². The third-order valence-corrected chi connectivity index (χ3v) is 3.48. The smallest absolute Gasteiger partial charge is 0.120 e. The van der Waals surface area contributed by atoms with Crippen LogP contribution in [0.5, 0.6) is 0 Å². The molecule has 1 aliphatic heterocycles. The van der Waals surface area contributed by atoms with Gasteiger partial charge in [0.15, 0.2) is 0 Å². The first kappa shape index (κ1) is 10.3. The molecule has 1 aromatic heterocycles. The van der Waals surface area contributed by atoms with Crippen molar-refractivity contribution in [2.75, 3.05) is 26.3 Å². The van der Waals surface area contributed by atoms with Crippen LogP contribution in [0.4, 0.5) is 0 Å². The Hall–Kier alpha value is -0.870. The minimum Gasteiger partial charge on any atom is -0.379 e. The summed E-state index contributed by atoms with van der Waals surface area (Å²) in [6.45, 7) is 4.74. The van der Waals surface area contributed by atoms with Gasteiger partial charge in [-0.15, -0.1) is 0 Å². The topological polar surface area (TPSA) is 41.2 Å². The summed E-state index contributed by atoms with van der Waals surface area (Å²) in [6.07, 6.45) is 4.96. The molecule has 1 aliphatic carbocycles. The molecular weight excluding hydrogens is 202 g/mol. The number of aryl methyl sites for hydroxylation is 2. The molecule has 0 unspecified atom stereocenters. The molecule has 1 aromatic rings. The zero-order chi connectivity index (χ0) is 10.8. The molecule has 0 amide bonds. The van der Waals surface area contributed by atoms with Crippen molar-refractivity contribution in [2.45, 2.75) is 32.2 Å². The Balaban J connectivity index is 1.67. The van der Waals surface area contributed by atoms with Gasteiger partial charge in [0.1, 0.15) is 5.82 Å². The lowest BCUT2D eigenvalue weighted by molar-refractivity contribution is 0.0331. The highest BCUT2D eigenvalue weighted by atomic mass is 16.5. The van der Waals surface area contributed by atoms with Crippen LogP contribution >= 0.6 is 0 Å². The summed E-state index contributed by atoms with van der Waals surface area (Å²) in [5.41, 5.74) is 2.70. The van der Waals surface area contributed by atoms with Crippen molar-refractivity contribution in [3.8, 4) is 0 Å². The number of rotatable bonds is 2. The van der Waals surface area contributed by atoms with Gasteiger partial charge in [-0.3, -0.25) is 4.90 Å². The number of nitrogens with zero attached hydrogens (tertiary/aromatic N) is 2. The molecule has 3 rings (SSSR count). The second kappa shape index (κ2) is 4.55. The Morgan fingerprint density at radius 3 is 2.81 bits per heavy atom. The van der Waals surface area contributed by atoms with Crippen LogP contribution in [0.2, 0.25) is 0 Å². The fraction of sp³-hybridized carbons (Fsp3) is 0.750. The van der Waals surface area contributed by atoms with E-state index >= 15 is 0 Å². The maximum absolute atomic E-state index is 5.35. The predicted molar refractivity (Wildman–Crippen MR) is 61.3 cm³/mol. The average molecular weight is 221 g/mol. The van der Waals surface area contributed by atoms with Crippen molar-refractivity contribution in [3.05, 3.63) is 17.2 Å². The van der Waals surface area contributed by atoms with Gasteiger partial charge in [0, 0.05) is 18.8 Å². The Morgan fingerprint density at radius 2 is 2.00 bits per heavy atom. The van der Waals surface area contributed by atoms with Crippen LogP contribution in [-0.4, -0.2) is 41.2 Å². The number of H-pyrrole nitrogens is 1. The molecule has 1 N–H and O–H groups in total. The number of fused-ring (bicyclic) bond motifs is 1. The van der Waals surface area contributed by atoms with E-state index < -0.39 is 0 Å². The molecule has 2 aliphatic rings. The van der Waals surface area contributed by atoms with E-state index in [0.29, 0.717) is 0 Å². The normalized spacial score (nSPS) is 22.0. The number of hydrogen-bond acceptors (Lipinski definition) is 3. The molecule has 2 heterocycles. The first-order chi connectivity index (χ1) is 7.92. The van der Waals surface area contributed by atoms with Crippen LogP contribution in [0.3, 0.4) is 0 Å². The van der Waals surface area contributed by atoms with Crippen LogP contribution in [-0.2, 0) is 24.1 Å². The number of ether oxygens (including phenoxy) is 1. The van der Waals surface area contributed by atoms with Gasteiger partial charge in [-0.1, -0.05) is 0 Å². The fourth-order valence-corrected chi connectivity index (χ4v) is 2.56. The molecule has 16 heavy (non-hydrogen) atoms. The molecule has 4 nitrogen and oxygen atoms in total. The van der Waals surface area contributed by atoms with E-state index in [1.54, 1.807) is 0 Å². The second-order valence-electron chi connectivity index (χ2n) is 4.70. The summed E-state index contributed by atoms with van der Waals surface area (Å²) < 4.78 is 5.35. The number of aromatic nitrogens is 2. The molecule has 0 aromatic carbocycles. The zero-order valence-corrected chi connectivity index (χ0v) is 9.67. The molecule has 88 valence electrons. The predicted octanol–water partition coefficient (Wildman–Crippen LogP) is 1.12. The molecule has 0 atom stereocenters. The summed E-state index contributed by atoms with van der Waals surface area (Å²) in [6, 6.07) is 0. The third-order valence-electron chi connectivity index (χ3n) is 3.48. The lowest BCUT2D eigenvalue weighted by atomic mass is 10.0. The van der Waals surface area contributed by atoms with Crippen LogP contribution < -0.4 is 0 Å². The Morgan fingerprint density at radius 1 is 1.19 bits per heavy atom. The molecule has 0 spiro atoms. The fourth-order valence-electron chi connectivity index (χ4n) is 2.56. The SMILES string of the molecule is C1CCc2[nH]c(CN3CCOCC3)nc2C1. The van der Waals surface area contributed by atoms with E-state index in [4.69, 9.17) is 9.72 Å². The highest BCUT2D eigenvalue weighted by molar-refractivity contribution is 5.17. The first-order valence-electron chi connectivity index (χ1n) is 6.28. The summed E-state index contributed by atoms with van der Waals surface area (Å²) in [7, 11) is 0. The number of hydrogen-bond donors (Lipinski definition) is 1. The van der Waals surface area contributed by atoms with E-state index in [1.165, 1.54) is 30.7 Å². The van der Waals surface area contributed by atoms with Gasteiger partial charge in [-0.2, -0.15) is 0 Å². The van der Waals surface area contributed by atoms with Gasteiger partial charge in [-0.25, -0.2) is 4.98 Å². The van der Waals surface area contributed by atoms with Crippen LogP contribution in [0.1, 0.15) is 30.1 Å². The van der Waals surface area contributed by atoms with E-state index in [0.717, 1.165) is 45.1 Å². The minimum atomic E-state index is 0.862. The lowest BCUT2D eigenvalue weighted by Crippen LogP contribution is -2.35. The zero-order valence-electron chi connectivity index (χ0n) is 9.67. The molecular formula is C12H19N3O. The summed E-state index contributed by atoms with van der Waals surface area (Å²) in [5.74, 6) is 1.15. The third kappa shape index (κ3) is 2.13. The van der Waals surface area contributed by atoms with Gasteiger partial charge >= 0.3 is 0 Å². The van der Waals surface area contributed by atoms with Crippen LogP contribution in [0.25, 0.3) is 0 Å². The first-order valence-corrected chi connectivity index (χ1v) is 6.28. The largest absolute Gasteiger partial charge is 0.379 e. The average Bonchev–Trinajstić information content (AvgIpc) is 2.72. The molecule has 0 bridgehead atoms. The number of imidazole rings is 1. The Kier molecular flexibility index (Phi) is 2.93. The van der Waals surface area contributed by atoms with E-state index in [2.05, 4.69) is 9.88 Å². The van der Waals surface area contributed by atoms with Gasteiger partial charge in [0.25, 0.3) is 0 Å². The Bertz CT molecular complexity index is 332. The van der Waals surface area contributed by atoms with Crippen molar-refractivity contribution in [2.24, 2.45) is 0 Å². The minimum absolute atomic E-state index is 0.862. The van der Waals surface area contributed by atoms with Gasteiger partial charge in [-0.05, 0) is 25.7 Å². The van der Waals surface area contributed by atoms with Crippen molar-refractivity contribution in [1.29, 1.82) is 0 Å². The summed E-state index contributed by atoms with van der Waals surface area (Å²) >= 11 is 0. The number of nitrogens with one attached hydrogen (secondary N) is 1. The monoisotopic (exact) mass is 221 g/mol. The highest BCUT2D eigenvalue weighted by Gasteiger charge is 2.17. The highest BCUT2D eigenvalue weighted by Crippen LogP contribution is 2.19. The van der Waals surface area contributed by atoms with E-state index in [9.17, 15) is 0 Å². The maximum Gasteiger partial charge on any atom is 0.120 e. The van der Waals surface area contributed by atoms with Crippen LogP contribution in [0, 0.1) is 0 Å². The number of aromatic amines is 1. The maximum atomic E-state index is 5.35. The second-order valence-corrected chi connectivity index (χ2v) is 4.70. The van der Waals surface area contributed by atoms with Crippen LogP contribution in [0.15, 0.2) is 0 Å². The van der Waals surface area contributed by atoms with Crippen molar-refractivity contribution < 1.29 is 4.74 Å². The van der Waals surface area contributed by atoms with Gasteiger partial charge in [0.2, 0.25) is 0 Å². The van der Waals surface area contributed by atoms with Crippen molar-refractivity contribution >= 4 is 0 Å². The summed E-state index contributed by atoms with van der Waals surface area (Å²) in [4.78, 5) is 10.6. The van der Waals surface area contributed by atoms with E-state index in [-0.39, 0.29) is 0 Å². The molecule has 1 saturated heterocycles.